The lowest BCUT2D eigenvalue weighted by Crippen LogP contribution is -2.30. The lowest BCUT2D eigenvalue weighted by molar-refractivity contribution is -0.384. The molecule has 0 bridgehead atoms. The molecule has 23 heavy (non-hydrogen) atoms. The first-order valence-electron chi connectivity index (χ1n) is 7.37. The van der Waals surface area contributed by atoms with E-state index in [-0.39, 0.29) is 18.0 Å². The van der Waals surface area contributed by atoms with Gasteiger partial charge in [-0.1, -0.05) is 36.4 Å². The van der Waals surface area contributed by atoms with Crippen molar-refractivity contribution in [3.8, 4) is 0 Å². The zero-order valence-electron chi connectivity index (χ0n) is 12.4. The number of nitro groups is 1. The number of amides is 1. The van der Waals surface area contributed by atoms with Crippen LogP contribution in [0.2, 0.25) is 0 Å². The van der Waals surface area contributed by atoms with E-state index < -0.39 is 11.0 Å². The van der Waals surface area contributed by atoms with Gasteiger partial charge in [0.25, 0.3) is 5.69 Å². The zero-order chi connectivity index (χ0) is 16.4. The summed E-state index contributed by atoms with van der Waals surface area (Å²) in [5.41, 5.74) is 2.13. The van der Waals surface area contributed by atoms with Crippen LogP contribution in [-0.4, -0.2) is 22.5 Å². The summed E-state index contributed by atoms with van der Waals surface area (Å²) in [4.78, 5) is 24.4. The number of aliphatic hydroxyl groups excluding tert-OH is 1. The van der Waals surface area contributed by atoms with Crippen molar-refractivity contribution in [1.82, 2.24) is 0 Å². The standard InChI is InChI=1S/C17H16N2O4/c20-16(13-4-2-1-3-5-13)11-17(21)18-9-8-12-6-7-14(19(22)23)10-15(12)18/h1-7,10,16,20H,8-9,11H2. The van der Waals surface area contributed by atoms with Gasteiger partial charge in [-0.2, -0.15) is 0 Å². The molecule has 0 aromatic heterocycles. The Labute approximate surface area is 133 Å². The highest BCUT2D eigenvalue weighted by molar-refractivity contribution is 5.96. The van der Waals surface area contributed by atoms with Crippen LogP contribution in [-0.2, 0) is 11.2 Å². The van der Waals surface area contributed by atoms with E-state index in [4.69, 9.17) is 0 Å². The molecule has 1 aliphatic rings. The number of aliphatic hydroxyl groups is 1. The number of nitrogens with zero attached hydrogens (tertiary/aromatic N) is 2. The van der Waals surface area contributed by atoms with Gasteiger partial charge in [-0.3, -0.25) is 14.9 Å². The molecule has 1 unspecified atom stereocenters. The average molecular weight is 312 g/mol. The molecule has 118 valence electrons. The molecule has 1 aliphatic heterocycles. The van der Waals surface area contributed by atoms with Crippen molar-refractivity contribution in [3.05, 3.63) is 69.8 Å². The van der Waals surface area contributed by atoms with Crippen LogP contribution in [0.15, 0.2) is 48.5 Å². The Kier molecular flexibility index (Phi) is 4.08. The van der Waals surface area contributed by atoms with E-state index in [0.29, 0.717) is 24.2 Å². The van der Waals surface area contributed by atoms with Gasteiger partial charge in [-0.25, -0.2) is 0 Å². The highest BCUT2D eigenvalue weighted by Gasteiger charge is 2.28. The molecule has 0 fully saturated rings. The maximum absolute atomic E-state index is 12.5. The normalized spacial score (nSPS) is 14.4. The molecule has 0 aliphatic carbocycles. The fourth-order valence-electron chi connectivity index (χ4n) is 2.81. The molecule has 2 aromatic carbocycles. The van der Waals surface area contributed by atoms with Gasteiger partial charge < -0.3 is 10.0 Å². The van der Waals surface area contributed by atoms with Crippen molar-refractivity contribution < 1.29 is 14.8 Å². The van der Waals surface area contributed by atoms with E-state index in [1.165, 1.54) is 17.0 Å². The maximum atomic E-state index is 12.5. The number of non-ortho nitro benzene ring substituents is 1. The molecule has 0 saturated carbocycles. The number of anilines is 1. The van der Waals surface area contributed by atoms with E-state index >= 15 is 0 Å². The minimum Gasteiger partial charge on any atom is -0.388 e. The zero-order valence-corrected chi connectivity index (χ0v) is 12.4. The Morgan fingerprint density at radius 2 is 2.00 bits per heavy atom. The van der Waals surface area contributed by atoms with Crippen molar-refractivity contribution in [3.63, 3.8) is 0 Å². The van der Waals surface area contributed by atoms with Gasteiger partial charge in [-0.05, 0) is 17.5 Å². The molecule has 1 N–H and O–H groups in total. The van der Waals surface area contributed by atoms with Crippen molar-refractivity contribution in [2.75, 3.05) is 11.4 Å². The Bertz CT molecular complexity index is 746. The van der Waals surface area contributed by atoms with Crippen LogP contribution in [0.3, 0.4) is 0 Å². The largest absolute Gasteiger partial charge is 0.388 e. The second-order valence-corrected chi connectivity index (χ2v) is 5.50. The molecule has 6 heteroatoms. The van der Waals surface area contributed by atoms with Gasteiger partial charge in [0.1, 0.15) is 0 Å². The number of rotatable bonds is 4. The number of hydrogen-bond donors (Lipinski definition) is 1. The highest BCUT2D eigenvalue weighted by atomic mass is 16.6. The summed E-state index contributed by atoms with van der Waals surface area (Å²) in [6, 6.07) is 13.5. The molecule has 1 heterocycles. The molecule has 0 spiro atoms. The molecule has 1 atom stereocenters. The van der Waals surface area contributed by atoms with Crippen molar-refractivity contribution in [1.29, 1.82) is 0 Å². The number of carbonyl (C=O) groups excluding carboxylic acids is 1. The molecule has 0 saturated heterocycles. The summed E-state index contributed by atoms with van der Waals surface area (Å²) < 4.78 is 0. The van der Waals surface area contributed by atoms with Gasteiger partial charge >= 0.3 is 0 Å². The summed E-state index contributed by atoms with van der Waals surface area (Å²) in [5.74, 6) is -0.236. The van der Waals surface area contributed by atoms with Crippen LogP contribution in [0.25, 0.3) is 0 Å². The van der Waals surface area contributed by atoms with Crippen LogP contribution in [0.5, 0.6) is 0 Å². The summed E-state index contributed by atoms with van der Waals surface area (Å²) in [7, 11) is 0. The van der Waals surface area contributed by atoms with E-state index in [1.54, 1.807) is 30.3 Å². The van der Waals surface area contributed by atoms with Crippen LogP contribution in [0.4, 0.5) is 11.4 Å². The topological polar surface area (TPSA) is 83.7 Å². The molecule has 0 radical (unpaired) electrons. The molecular weight excluding hydrogens is 296 g/mol. The van der Waals surface area contributed by atoms with Crippen LogP contribution < -0.4 is 4.90 Å². The SMILES string of the molecule is O=C(CC(O)c1ccccc1)N1CCc2ccc([N+](=O)[O-])cc21. The van der Waals surface area contributed by atoms with Gasteiger partial charge in [-0.15, -0.1) is 0 Å². The van der Waals surface area contributed by atoms with Gasteiger partial charge in [0.2, 0.25) is 5.91 Å². The second kappa shape index (κ2) is 6.18. The van der Waals surface area contributed by atoms with Gasteiger partial charge in [0.05, 0.1) is 23.1 Å². The lowest BCUT2D eigenvalue weighted by atomic mass is 10.1. The van der Waals surface area contributed by atoms with Crippen LogP contribution in [0, 0.1) is 10.1 Å². The minimum atomic E-state index is -0.883. The first kappa shape index (κ1) is 15.2. The highest BCUT2D eigenvalue weighted by Crippen LogP contribution is 2.33. The molecule has 1 amide bonds. The fraction of sp³-hybridized carbons (Fsp3) is 0.235. The quantitative estimate of drug-likeness (QED) is 0.695. The monoisotopic (exact) mass is 312 g/mol. The smallest absolute Gasteiger partial charge is 0.271 e. The Morgan fingerprint density at radius 1 is 1.26 bits per heavy atom. The van der Waals surface area contributed by atoms with Gasteiger partial charge in [0, 0.05) is 18.7 Å². The van der Waals surface area contributed by atoms with E-state index in [1.807, 2.05) is 6.07 Å². The lowest BCUT2D eigenvalue weighted by Gasteiger charge is -2.19. The van der Waals surface area contributed by atoms with Crippen molar-refractivity contribution in [2.45, 2.75) is 18.9 Å². The van der Waals surface area contributed by atoms with Crippen molar-refractivity contribution in [2.24, 2.45) is 0 Å². The Balaban J connectivity index is 1.78. The number of hydrogen-bond acceptors (Lipinski definition) is 4. The molecule has 6 nitrogen and oxygen atoms in total. The third-order valence-electron chi connectivity index (χ3n) is 4.03. The Morgan fingerprint density at radius 3 is 2.70 bits per heavy atom. The van der Waals surface area contributed by atoms with Crippen LogP contribution in [0.1, 0.15) is 23.7 Å². The molecular formula is C17H16N2O4. The van der Waals surface area contributed by atoms with E-state index in [9.17, 15) is 20.0 Å². The third-order valence-corrected chi connectivity index (χ3v) is 4.03. The predicted molar refractivity (Wildman–Crippen MR) is 85.2 cm³/mol. The second-order valence-electron chi connectivity index (χ2n) is 5.50. The van der Waals surface area contributed by atoms with Crippen LogP contribution >= 0.6 is 0 Å². The first-order valence-corrected chi connectivity index (χ1v) is 7.37. The first-order chi connectivity index (χ1) is 11.1. The number of benzene rings is 2. The number of fused-ring (bicyclic) bond motifs is 1. The third kappa shape index (κ3) is 3.07. The number of carbonyl (C=O) groups is 1. The Hall–Kier alpha value is -2.73. The fourth-order valence-corrected chi connectivity index (χ4v) is 2.81. The van der Waals surface area contributed by atoms with Gasteiger partial charge in [0.15, 0.2) is 0 Å². The van der Waals surface area contributed by atoms with Crippen molar-refractivity contribution >= 4 is 17.3 Å². The summed E-state index contributed by atoms with van der Waals surface area (Å²) >= 11 is 0. The number of nitro benzene ring substituents is 1. The predicted octanol–water partition coefficient (Wildman–Crippen LogP) is 2.61. The minimum absolute atomic E-state index is 0.0351. The summed E-state index contributed by atoms with van der Waals surface area (Å²) in [5, 5.41) is 21.1. The average Bonchev–Trinajstić information content (AvgIpc) is 2.98. The summed E-state index contributed by atoms with van der Waals surface area (Å²) in [6.07, 6.45) is -0.265. The van der Waals surface area contributed by atoms with E-state index in [0.717, 1.165) is 5.56 Å². The van der Waals surface area contributed by atoms with E-state index in [2.05, 4.69) is 0 Å². The maximum Gasteiger partial charge on any atom is 0.271 e. The molecule has 3 rings (SSSR count). The summed E-state index contributed by atoms with van der Waals surface area (Å²) in [6.45, 7) is 0.483. The molecule has 2 aromatic rings.